The zero-order valence-corrected chi connectivity index (χ0v) is 10.9. The predicted molar refractivity (Wildman–Crippen MR) is 64.4 cm³/mol. The minimum absolute atomic E-state index is 0.0174. The second-order valence-electron chi connectivity index (χ2n) is 3.38. The molecule has 0 aliphatic carbocycles. The number of aliphatic hydroxyl groups is 1. The van der Waals surface area contributed by atoms with Crippen molar-refractivity contribution in [1.29, 1.82) is 0 Å². The molecule has 7 heteroatoms. The lowest BCUT2D eigenvalue weighted by atomic mass is 10.2. The maximum absolute atomic E-state index is 12.5. The van der Waals surface area contributed by atoms with E-state index in [2.05, 4.69) is 21.2 Å². The number of hydrogen-bond donors (Lipinski definition) is 2. The van der Waals surface area contributed by atoms with E-state index < -0.39 is 17.8 Å². The summed E-state index contributed by atoms with van der Waals surface area (Å²) >= 11 is 8.50. The lowest BCUT2D eigenvalue weighted by Gasteiger charge is -2.14. The van der Waals surface area contributed by atoms with Gasteiger partial charge in [-0.15, -0.1) is 11.6 Å². The number of aliphatic hydroxyl groups excluding tert-OH is 1. The van der Waals surface area contributed by atoms with Crippen LogP contribution in [0.2, 0.25) is 0 Å². The van der Waals surface area contributed by atoms with Gasteiger partial charge in [0.2, 0.25) is 0 Å². The van der Waals surface area contributed by atoms with E-state index in [0.29, 0.717) is 4.47 Å². The van der Waals surface area contributed by atoms with Crippen molar-refractivity contribution >= 4 is 33.2 Å². The van der Waals surface area contributed by atoms with E-state index >= 15 is 0 Å². The topological polar surface area (TPSA) is 32.3 Å². The third-order valence-corrected chi connectivity index (χ3v) is 3.05. The Morgan fingerprint density at radius 3 is 2.59 bits per heavy atom. The molecule has 2 nitrogen and oxygen atoms in total. The van der Waals surface area contributed by atoms with Crippen LogP contribution in [-0.4, -0.2) is 23.6 Å². The average Bonchev–Trinajstić information content (AvgIpc) is 2.26. The van der Waals surface area contributed by atoms with Crippen molar-refractivity contribution in [3.63, 3.8) is 0 Å². The minimum Gasteiger partial charge on any atom is -0.390 e. The standard InChI is InChI=1S/C10H10BrClF3NO/c11-8-2-1-6(10(13,14)15)3-9(8)16-5-7(17)4-12/h1-3,7,16-17H,4-5H2. The number of anilines is 1. The van der Waals surface area contributed by atoms with E-state index in [-0.39, 0.29) is 18.1 Å². The van der Waals surface area contributed by atoms with Gasteiger partial charge in [0.15, 0.2) is 0 Å². The highest BCUT2D eigenvalue weighted by molar-refractivity contribution is 9.10. The number of rotatable bonds is 4. The Labute approximate surface area is 110 Å². The monoisotopic (exact) mass is 331 g/mol. The molecule has 0 saturated heterocycles. The molecule has 0 radical (unpaired) electrons. The number of hydrogen-bond acceptors (Lipinski definition) is 2. The lowest BCUT2D eigenvalue weighted by molar-refractivity contribution is -0.137. The SMILES string of the molecule is OC(CCl)CNc1cc(C(F)(F)F)ccc1Br. The summed E-state index contributed by atoms with van der Waals surface area (Å²) in [6.45, 7) is 0.0867. The molecule has 1 unspecified atom stereocenters. The van der Waals surface area contributed by atoms with Gasteiger partial charge in [-0.05, 0) is 34.1 Å². The van der Waals surface area contributed by atoms with Gasteiger partial charge in [-0.3, -0.25) is 0 Å². The molecule has 2 N–H and O–H groups in total. The Morgan fingerprint density at radius 1 is 1.41 bits per heavy atom. The number of nitrogens with one attached hydrogen (secondary N) is 1. The van der Waals surface area contributed by atoms with Crippen LogP contribution in [0.1, 0.15) is 5.56 Å². The van der Waals surface area contributed by atoms with Crippen LogP contribution in [0.5, 0.6) is 0 Å². The Balaban J connectivity index is 2.84. The zero-order chi connectivity index (χ0) is 13.1. The van der Waals surface area contributed by atoms with Crippen LogP contribution in [-0.2, 0) is 6.18 Å². The zero-order valence-electron chi connectivity index (χ0n) is 8.56. The van der Waals surface area contributed by atoms with E-state index in [9.17, 15) is 18.3 Å². The minimum atomic E-state index is -4.39. The van der Waals surface area contributed by atoms with Crippen molar-refractivity contribution in [2.75, 3.05) is 17.7 Å². The molecule has 0 spiro atoms. The average molecular weight is 333 g/mol. The van der Waals surface area contributed by atoms with Gasteiger partial charge in [-0.25, -0.2) is 0 Å². The molecule has 0 aliphatic heterocycles. The van der Waals surface area contributed by atoms with Crippen molar-refractivity contribution in [3.8, 4) is 0 Å². The molecule has 0 bridgehead atoms. The van der Waals surface area contributed by atoms with Crippen molar-refractivity contribution in [3.05, 3.63) is 28.2 Å². The van der Waals surface area contributed by atoms with E-state index in [0.717, 1.165) is 12.1 Å². The van der Waals surface area contributed by atoms with Gasteiger partial charge >= 0.3 is 6.18 Å². The fourth-order valence-electron chi connectivity index (χ4n) is 1.12. The van der Waals surface area contributed by atoms with Gasteiger partial charge < -0.3 is 10.4 Å². The summed E-state index contributed by atoms with van der Waals surface area (Å²) in [6.07, 6.45) is -5.19. The first-order chi connectivity index (χ1) is 7.84. The normalized spacial score (nSPS) is 13.5. The van der Waals surface area contributed by atoms with E-state index in [1.165, 1.54) is 6.07 Å². The Kier molecular flexibility index (Phi) is 5.09. The summed E-state index contributed by atoms with van der Waals surface area (Å²) in [7, 11) is 0. The highest BCUT2D eigenvalue weighted by Gasteiger charge is 2.30. The number of halogens is 5. The first-order valence-corrected chi connectivity index (χ1v) is 6.02. The Bertz CT molecular complexity index is 386. The fraction of sp³-hybridized carbons (Fsp3) is 0.400. The first kappa shape index (κ1) is 14.6. The molecule has 96 valence electrons. The van der Waals surface area contributed by atoms with E-state index in [1.54, 1.807) is 0 Å². The maximum Gasteiger partial charge on any atom is 0.416 e. The molecule has 0 fully saturated rings. The number of benzene rings is 1. The molecule has 1 aromatic carbocycles. The molecule has 0 aromatic heterocycles. The fourth-order valence-corrected chi connectivity index (χ4v) is 1.62. The van der Waals surface area contributed by atoms with E-state index in [1.807, 2.05) is 0 Å². The lowest BCUT2D eigenvalue weighted by Crippen LogP contribution is -2.21. The summed E-state index contributed by atoms with van der Waals surface area (Å²) in [5.41, 5.74) is -0.479. The van der Waals surface area contributed by atoms with Crippen molar-refractivity contribution < 1.29 is 18.3 Å². The summed E-state index contributed by atoms with van der Waals surface area (Å²) < 4.78 is 37.8. The molecular formula is C10H10BrClF3NO. The van der Waals surface area contributed by atoms with Crippen molar-refractivity contribution in [1.82, 2.24) is 0 Å². The quantitative estimate of drug-likeness (QED) is 0.828. The molecule has 0 saturated carbocycles. The first-order valence-electron chi connectivity index (χ1n) is 4.69. The van der Waals surface area contributed by atoms with Crippen LogP contribution >= 0.6 is 27.5 Å². The second kappa shape index (κ2) is 5.93. The molecule has 1 atom stereocenters. The highest BCUT2D eigenvalue weighted by atomic mass is 79.9. The van der Waals surface area contributed by atoms with Gasteiger partial charge in [0, 0.05) is 16.7 Å². The van der Waals surface area contributed by atoms with Crippen LogP contribution in [0.25, 0.3) is 0 Å². The van der Waals surface area contributed by atoms with Gasteiger partial charge in [-0.1, -0.05) is 0 Å². The third kappa shape index (κ3) is 4.37. The van der Waals surface area contributed by atoms with Gasteiger partial charge in [0.05, 0.1) is 17.5 Å². The second-order valence-corrected chi connectivity index (χ2v) is 4.54. The number of alkyl halides is 4. The molecule has 1 aromatic rings. The summed E-state index contributed by atoms with van der Waals surface area (Å²) in [5.74, 6) is 0.0174. The van der Waals surface area contributed by atoms with Crippen LogP contribution < -0.4 is 5.32 Å². The van der Waals surface area contributed by atoms with Crippen LogP contribution in [0.15, 0.2) is 22.7 Å². The third-order valence-electron chi connectivity index (χ3n) is 2.00. The van der Waals surface area contributed by atoms with E-state index in [4.69, 9.17) is 11.6 Å². The summed E-state index contributed by atoms with van der Waals surface area (Å²) in [4.78, 5) is 0. The summed E-state index contributed by atoms with van der Waals surface area (Å²) in [6, 6.07) is 3.26. The molecular weight excluding hydrogens is 322 g/mol. The maximum atomic E-state index is 12.5. The molecule has 0 aliphatic rings. The highest BCUT2D eigenvalue weighted by Crippen LogP contribution is 2.33. The smallest absolute Gasteiger partial charge is 0.390 e. The molecule has 0 heterocycles. The Morgan fingerprint density at radius 2 is 2.06 bits per heavy atom. The van der Waals surface area contributed by atoms with Crippen LogP contribution in [0.3, 0.4) is 0 Å². The van der Waals surface area contributed by atoms with Crippen LogP contribution in [0, 0.1) is 0 Å². The molecule has 0 amide bonds. The largest absolute Gasteiger partial charge is 0.416 e. The van der Waals surface area contributed by atoms with Crippen molar-refractivity contribution in [2.24, 2.45) is 0 Å². The predicted octanol–water partition coefficient (Wildman–Crippen LogP) is 3.48. The molecule has 1 rings (SSSR count). The van der Waals surface area contributed by atoms with Gasteiger partial charge in [-0.2, -0.15) is 13.2 Å². The van der Waals surface area contributed by atoms with Gasteiger partial charge in [0.1, 0.15) is 0 Å². The molecule has 17 heavy (non-hydrogen) atoms. The Hall–Kier alpha value is -0.460. The van der Waals surface area contributed by atoms with Crippen molar-refractivity contribution in [2.45, 2.75) is 12.3 Å². The van der Waals surface area contributed by atoms with Crippen LogP contribution in [0.4, 0.5) is 18.9 Å². The van der Waals surface area contributed by atoms with Gasteiger partial charge in [0.25, 0.3) is 0 Å². The summed E-state index contributed by atoms with van der Waals surface area (Å²) in [5, 5.41) is 11.9.